The zero-order chi connectivity index (χ0) is 11.5. The van der Waals surface area contributed by atoms with Crippen LogP contribution < -0.4 is 5.32 Å². The van der Waals surface area contributed by atoms with E-state index in [1.54, 1.807) is 13.0 Å². The number of aryl methyl sites for hydroxylation is 1. The second-order valence-electron chi connectivity index (χ2n) is 3.96. The number of rotatable bonds is 2. The summed E-state index contributed by atoms with van der Waals surface area (Å²) in [4.78, 5) is 12.0. The number of carbonyl (C=O) groups is 1. The van der Waals surface area contributed by atoms with Gasteiger partial charge in [-0.15, -0.1) is 0 Å². The first-order valence-electron chi connectivity index (χ1n) is 5.29. The molecular formula is C12H14FNO2. The molecule has 1 N–H and O–H groups in total. The summed E-state index contributed by atoms with van der Waals surface area (Å²) < 4.78 is 18.4. The number of nitrogens with one attached hydrogen (secondary N) is 1. The van der Waals surface area contributed by atoms with Gasteiger partial charge in [0.15, 0.2) is 5.78 Å². The molecule has 16 heavy (non-hydrogen) atoms. The van der Waals surface area contributed by atoms with Crippen LogP contribution in [0.15, 0.2) is 18.2 Å². The number of ketones is 1. The van der Waals surface area contributed by atoms with E-state index in [1.165, 1.54) is 12.1 Å². The smallest absolute Gasteiger partial charge is 0.182 e. The molecule has 0 spiro atoms. The average Bonchev–Trinajstić information content (AvgIpc) is 2.28. The van der Waals surface area contributed by atoms with Gasteiger partial charge < -0.3 is 10.1 Å². The van der Waals surface area contributed by atoms with E-state index in [-0.39, 0.29) is 17.6 Å². The van der Waals surface area contributed by atoms with Crippen molar-refractivity contribution in [1.29, 1.82) is 0 Å². The van der Waals surface area contributed by atoms with Gasteiger partial charge in [0.1, 0.15) is 5.82 Å². The molecular weight excluding hydrogens is 209 g/mol. The first kappa shape index (κ1) is 11.2. The topological polar surface area (TPSA) is 38.3 Å². The Kier molecular flexibility index (Phi) is 3.31. The van der Waals surface area contributed by atoms with Gasteiger partial charge in [-0.25, -0.2) is 4.39 Å². The van der Waals surface area contributed by atoms with Gasteiger partial charge in [0.2, 0.25) is 0 Å². The summed E-state index contributed by atoms with van der Waals surface area (Å²) in [5, 5.41) is 3.06. The summed E-state index contributed by atoms with van der Waals surface area (Å²) in [7, 11) is 0. The van der Waals surface area contributed by atoms with Gasteiger partial charge in [-0.1, -0.05) is 0 Å². The first-order valence-corrected chi connectivity index (χ1v) is 5.29. The molecule has 0 radical (unpaired) electrons. The van der Waals surface area contributed by atoms with E-state index >= 15 is 0 Å². The van der Waals surface area contributed by atoms with Crippen LogP contribution in [-0.4, -0.2) is 31.6 Å². The second-order valence-corrected chi connectivity index (χ2v) is 3.96. The van der Waals surface area contributed by atoms with Crippen LogP contribution >= 0.6 is 0 Å². The molecule has 1 aromatic carbocycles. The molecule has 2 rings (SSSR count). The summed E-state index contributed by atoms with van der Waals surface area (Å²) in [6, 6.07) is 4.02. The Bertz CT molecular complexity index is 380. The number of carbonyl (C=O) groups excluding carboxylic acids is 1. The molecule has 3 nitrogen and oxygen atoms in total. The van der Waals surface area contributed by atoms with E-state index in [1.807, 2.05) is 0 Å². The Labute approximate surface area is 93.6 Å². The highest BCUT2D eigenvalue weighted by Crippen LogP contribution is 2.11. The van der Waals surface area contributed by atoms with Gasteiger partial charge in [-0.05, 0) is 30.7 Å². The monoisotopic (exact) mass is 223 g/mol. The largest absolute Gasteiger partial charge is 0.378 e. The maximum Gasteiger partial charge on any atom is 0.182 e. The van der Waals surface area contributed by atoms with E-state index in [4.69, 9.17) is 4.74 Å². The molecule has 4 heteroatoms. The molecule has 0 bridgehead atoms. The maximum absolute atomic E-state index is 13.2. The molecule has 1 saturated heterocycles. The lowest BCUT2D eigenvalue weighted by Crippen LogP contribution is -2.46. The fraction of sp³-hybridized carbons (Fsp3) is 0.417. The van der Waals surface area contributed by atoms with E-state index in [2.05, 4.69) is 5.32 Å². The van der Waals surface area contributed by atoms with Crippen molar-refractivity contribution in [2.45, 2.75) is 13.0 Å². The summed E-state index contributed by atoms with van der Waals surface area (Å²) >= 11 is 0. The van der Waals surface area contributed by atoms with Gasteiger partial charge in [-0.2, -0.15) is 0 Å². The molecule has 0 aliphatic carbocycles. The molecule has 0 aromatic heterocycles. The minimum absolute atomic E-state index is 0.109. The van der Waals surface area contributed by atoms with Gasteiger partial charge in [0.25, 0.3) is 0 Å². The van der Waals surface area contributed by atoms with E-state index in [0.29, 0.717) is 25.3 Å². The lowest BCUT2D eigenvalue weighted by atomic mass is 10.0. The minimum Gasteiger partial charge on any atom is -0.378 e. The highest BCUT2D eigenvalue weighted by Gasteiger charge is 2.22. The van der Waals surface area contributed by atoms with Gasteiger partial charge in [0, 0.05) is 12.1 Å². The molecule has 1 atom stereocenters. The number of benzene rings is 1. The number of hydrogen-bond donors (Lipinski definition) is 1. The Hall–Kier alpha value is -1.26. The van der Waals surface area contributed by atoms with Crippen LogP contribution in [0.2, 0.25) is 0 Å². The molecule has 1 aliphatic rings. The summed E-state index contributed by atoms with van der Waals surface area (Å²) in [6.07, 6.45) is 0. The number of hydrogen-bond acceptors (Lipinski definition) is 3. The fourth-order valence-electron chi connectivity index (χ4n) is 1.81. The van der Waals surface area contributed by atoms with Crippen molar-refractivity contribution >= 4 is 5.78 Å². The Balaban J connectivity index is 2.19. The van der Waals surface area contributed by atoms with Crippen LogP contribution in [0, 0.1) is 12.7 Å². The third kappa shape index (κ3) is 2.46. The van der Waals surface area contributed by atoms with Crippen LogP contribution in [0.4, 0.5) is 4.39 Å². The zero-order valence-electron chi connectivity index (χ0n) is 9.13. The number of halogens is 1. The van der Waals surface area contributed by atoms with E-state index < -0.39 is 0 Å². The Morgan fingerprint density at radius 2 is 2.31 bits per heavy atom. The molecule has 1 aliphatic heterocycles. The van der Waals surface area contributed by atoms with Crippen molar-refractivity contribution in [2.75, 3.05) is 19.8 Å². The van der Waals surface area contributed by atoms with Crippen molar-refractivity contribution in [1.82, 2.24) is 5.32 Å². The lowest BCUT2D eigenvalue weighted by molar-refractivity contribution is 0.0607. The summed E-state index contributed by atoms with van der Waals surface area (Å²) in [6.45, 7) is 3.40. The molecule has 1 unspecified atom stereocenters. The van der Waals surface area contributed by atoms with Crippen LogP contribution in [0.3, 0.4) is 0 Å². The van der Waals surface area contributed by atoms with Crippen molar-refractivity contribution in [3.8, 4) is 0 Å². The predicted octanol–water partition coefficient (Wildman–Crippen LogP) is 1.31. The van der Waals surface area contributed by atoms with Crippen LogP contribution in [0.25, 0.3) is 0 Å². The summed E-state index contributed by atoms with van der Waals surface area (Å²) in [5.41, 5.74) is 1.15. The van der Waals surface area contributed by atoms with Crippen molar-refractivity contribution in [3.63, 3.8) is 0 Å². The highest BCUT2D eigenvalue weighted by molar-refractivity contribution is 6.00. The second kappa shape index (κ2) is 4.72. The molecule has 1 aromatic rings. The average molecular weight is 223 g/mol. The number of Topliss-reactive ketones (excluding diaryl/α,β-unsaturated/α-hetero) is 1. The number of morpholine rings is 1. The highest BCUT2D eigenvalue weighted by atomic mass is 19.1. The van der Waals surface area contributed by atoms with Crippen molar-refractivity contribution in [3.05, 3.63) is 35.1 Å². The normalized spacial score (nSPS) is 20.8. The van der Waals surface area contributed by atoms with E-state index in [9.17, 15) is 9.18 Å². The minimum atomic E-state index is -0.375. The quantitative estimate of drug-likeness (QED) is 0.768. The first-order chi connectivity index (χ1) is 7.66. The zero-order valence-corrected chi connectivity index (χ0v) is 9.13. The third-order valence-corrected chi connectivity index (χ3v) is 2.56. The lowest BCUT2D eigenvalue weighted by Gasteiger charge is -2.22. The standard InChI is InChI=1S/C12H14FNO2/c1-8-4-9(6-10(13)5-8)12(15)11-7-16-3-2-14-11/h4-6,11,14H,2-3,7H2,1H3. The van der Waals surface area contributed by atoms with Crippen molar-refractivity contribution in [2.24, 2.45) is 0 Å². The molecule has 0 amide bonds. The van der Waals surface area contributed by atoms with Crippen LogP contribution in [-0.2, 0) is 4.74 Å². The molecule has 0 saturated carbocycles. The molecule has 1 fully saturated rings. The van der Waals surface area contributed by atoms with Crippen LogP contribution in [0.1, 0.15) is 15.9 Å². The Morgan fingerprint density at radius 3 is 2.94 bits per heavy atom. The van der Waals surface area contributed by atoms with Crippen molar-refractivity contribution < 1.29 is 13.9 Å². The third-order valence-electron chi connectivity index (χ3n) is 2.56. The number of ether oxygens (including phenoxy) is 1. The van der Waals surface area contributed by atoms with Gasteiger partial charge >= 0.3 is 0 Å². The fourth-order valence-corrected chi connectivity index (χ4v) is 1.81. The van der Waals surface area contributed by atoms with Crippen LogP contribution in [0.5, 0.6) is 0 Å². The SMILES string of the molecule is Cc1cc(F)cc(C(=O)C2COCCN2)c1. The molecule has 1 heterocycles. The van der Waals surface area contributed by atoms with E-state index in [0.717, 1.165) is 5.56 Å². The van der Waals surface area contributed by atoms with Gasteiger partial charge in [-0.3, -0.25) is 4.79 Å². The maximum atomic E-state index is 13.2. The predicted molar refractivity (Wildman–Crippen MR) is 58.1 cm³/mol. The summed E-state index contributed by atoms with van der Waals surface area (Å²) in [5.74, 6) is -0.484. The molecule has 86 valence electrons. The van der Waals surface area contributed by atoms with Gasteiger partial charge in [0.05, 0.1) is 19.3 Å². The Morgan fingerprint density at radius 1 is 1.50 bits per heavy atom.